The number of rotatable bonds is 7. The van der Waals surface area contributed by atoms with E-state index in [0.29, 0.717) is 0 Å². The molecule has 0 bridgehead atoms. The molecule has 0 amide bonds. The second-order valence-electron chi connectivity index (χ2n) is 3.45. The molecule has 0 unspecified atom stereocenters. The third kappa shape index (κ3) is 4.70. The van der Waals surface area contributed by atoms with Crippen LogP contribution in [0.1, 0.15) is 51.9 Å². The average molecular weight is 182 g/mol. The van der Waals surface area contributed by atoms with Crippen molar-refractivity contribution in [3.63, 3.8) is 0 Å². The second-order valence-corrected chi connectivity index (χ2v) is 3.45. The highest BCUT2D eigenvalue weighted by Crippen LogP contribution is 2.14. The quantitative estimate of drug-likeness (QED) is 0.536. The van der Waals surface area contributed by atoms with Gasteiger partial charge in [-0.25, -0.2) is 0 Å². The lowest BCUT2D eigenvalue weighted by atomic mass is 10.1. The molecule has 0 radical (unpaired) electrons. The van der Waals surface area contributed by atoms with E-state index in [-0.39, 0.29) is 6.17 Å². The molecule has 1 rings (SSSR count). The summed E-state index contributed by atoms with van der Waals surface area (Å²) in [7, 11) is 0. The summed E-state index contributed by atoms with van der Waals surface area (Å²) in [6.45, 7) is 2.24. The molecule has 0 aromatic heterocycles. The first-order valence-electron chi connectivity index (χ1n) is 5.23. The minimum absolute atomic E-state index is 0.0335. The van der Waals surface area contributed by atoms with Gasteiger partial charge in [0.2, 0.25) is 0 Å². The molecular formula is C9H18N4. The molecule has 1 aliphatic heterocycles. The summed E-state index contributed by atoms with van der Waals surface area (Å²) in [4.78, 5) is 0. The van der Waals surface area contributed by atoms with Crippen LogP contribution in [0.5, 0.6) is 0 Å². The fraction of sp³-hybridized carbons (Fsp3) is 1.00. The number of nitrogens with zero attached hydrogens (tertiary/aromatic N) is 4. The smallest absolute Gasteiger partial charge is 0.138 e. The maximum atomic E-state index is 3.86. The van der Waals surface area contributed by atoms with Crippen LogP contribution in [0.2, 0.25) is 0 Å². The topological polar surface area (TPSA) is 49.4 Å². The first kappa shape index (κ1) is 10.3. The Hall–Kier alpha value is -0.800. The third-order valence-electron chi connectivity index (χ3n) is 2.23. The molecular weight excluding hydrogens is 164 g/mol. The van der Waals surface area contributed by atoms with Gasteiger partial charge >= 0.3 is 0 Å². The van der Waals surface area contributed by atoms with Gasteiger partial charge in [-0.3, -0.25) is 0 Å². The van der Waals surface area contributed by atoms with Crippen LogP contribution in [0.25, 0.3) is 0 Å². The second kappa shape index (κ2) is 6.69. The van der Waals surface area contributed by atoms with Crippen molar-refractivity contribution in [1.29, 1.82) is 0 Å². The Balaban J connectivity index is 1.84. The molecule has 0 atom stereocenters. The monoisotopic (exact) mass is 182 g/mol. The van der Waals surface area contributed by atoms with Gasteiger partial charge in [-0.15, -0.1) is 10.2 Å². The fourth-order valence-corrected chi connectivity index (χ4v) is 1.41. The van der Waals surface area contributed by atoms with Crippen LogP contribution in [0.15, 0.2) is 20.7 Å². The van der Waals surface area contributed by atoms with Gasteiger partial charge in [-0.1, -0.05) is 39.0 Å². The van der Waals surface area contributed by atoms with Gasteiger partial charge in [-0.2, -0.15) is 0 Å². The average Bonchev–Trinajstić information content (AvgIpc) is 2.63. The van der Waals surface area contributed by atoms with E-state index in [1.165, 1.54) is 38.5 Å². The highest BCUT2D eigenvalue weighted by molar-refractivity contribution is 4.61. The highest BCUT2D eigenvalue weighted by atomic mass is 15.6. The van der Waals surface area contributed by atoms with E-state index in [0.717, 1.165) is 6.42 Å². The maximum absolute atomic E-state index is 3.86. The van der Waals surface area contributed by atoms with E-state index >= 15 is 0 Å². The zero-order chi connectivity index (χ0) is 9.36. The van der Waals surface area contributed by atoms with Crippen LogP contribution in [0, 0.1) is 0 Å². The Morgan fingerprint density at radius 2 is 1.46 bits per heavy atom. The van der Waals surface area contributed by atoms with Crippen molar-refractivity contribution in [3.05, 3.63) is 0 Å². The lowest BCUT2D eigenvalue weighted by Crippen LogP contribution is -1.95. The predicted octanol–water partition coefficient (Wildman–Crippen LogP) is 3.90. The molecule has 0 aromatic rings. The van der Waals surface area contributed by atoms with Crippen molar-refractivity contribution in [2.75, 3.05) is 0 Å². The lowest BCUT2D eigenvalue weighted by Gasteiger charge is -2.00. The SMILES string of the molecule is CCCCCCCCC1N=NN=N1. The van der Waals surface area contributed by atoms with E-state index < -0.39 is 0 Å². The molecule has 0 fully saturated rings. The normalized spacial score (nSPS) is 15.8. The summed E-state index contributed by atoms with van der Waals surface area (Å²) in [5, 5.41) is 14.7. The molecule has 0 saturated heterocycles. The molecule has 74 valence electrons. The van der Waals surface area contributed by atoms with Crippen molar-refractivity contribution in [2.24, 2.45) is 20.7 Å². The van der Waals surface area contributed by atoms with Gasteiger partial charge < -0.3 is 0 Å². The summed E-state index contributed by atoms with van der Waals surface area (Å²) in [6.07, 6.45) is 8.92. The molecule has 13 heavy (non-hydrogen) atoms. The van der Waals surface area contributed by atoms with Crippen molar-refractivity contribution in [2.45, 2.75) is 58.0 Å². The molecule has 0 spiro atoms. The summed E-state index contributed by atoms with van der Waals surface area (Å²) in [6, 6.07) is 0. The molecule has 4 nitrogen and oxygen atoms in total. The standard InChI is InChI=1S/C9H18N4/c1-2-3-4-5-6-7-8-9-10-12-13-11-9/h9H,2-8H2,1H3. The zero-order valence-electron chi connectivity index (χ0n) is 8.32. The van der Waals surface area contributed by atoms with Crippen LogP contribution in [0.4, 0.5) is 0 Å². The van der Waals surface area contributed by atoms with Crippen LogP contribution in [-0.4, -0.2) is 6.17 Å². The van der Waals surface area contributed by atoms with Crippen LogP contribution in [0.3, 0.4) is 0 Å². The maximum Gasteiger partial charge on any atom is 0.185 e. The van der Waals surface area contributed by atoms with Gasteiger partial charge in [-0.05, 0) is 23.3 Å². The number of unbranched alkanes of at least 4 members (excludes halogenated alkanes) is 5. The van der Waals surface area contributed by atoms with Crippen molar-refractivity contribution in [1.82, 2.24) is 0 Å². The molecule has 0 aliphatic carbocycles. The van der Waals surface area contributed by atoms with Gasteiger partial charge in [0.15, 0.2) is 6.17 Å². The Bertz CT molecular complexity index is 164. The van der Waals surface area contributed by atoms with Gasteiger partial charge in [0, 0.05) is 0 Å². The first-order chi connectivity index (χ1) is 6.43. The predicted molar refractivity (Wildman–Crippen MR) is 51.5 cm³/mol. The number of hydrogen-bond acceptors (Lipinski definition) is 4. The van der Waals surface area contributed by atoms with E-state index in [2.05, 4.69) is 27.6 Å². The van der Waals surface area contributed by atoms with Crippen LogP contribution in [-0.2, 0) is 0 Å². The Morgan fingerprint density at radius 1 is 0.846 bits per heavy atom. The highest BCUT2D eigenvalue weighted by Gasteiger charge is 2.07. The van der Waals surface area contributed by atoms with E-state index in [1.54, 1.807) is 0 Å². The minimum Gasteiger partial charge on any atom is -0.138 e. The first-order valence-corrected chi connectivity index (χ1v) is 5.23. The van der Waals surface area contributed by atoms with Crippen molar-refractivity contribution < 1.29 is 0 Å². The summed E-state index contributed by atoms with van der Waals surface area (Å²) in [5.41, 5.74) is 0. The van der Waals surface area contributed by atoms with Crippen LogP contribution >= 0.6 is 0 Å². The molecule has 1 aliphatic rings. The lowest BCUT2D eigenvalue weighted by molar-refractivity contribution is 0.543. The Kier molecular flexibility index (Phi) is 5.29. The van der Waals surface area contributed by atoms with Gasteiger partial charge in [0.25, 0.3) is 0 Å². The summed E-state index contributed by atoms with van der Waals surface area (Å²) < 4.78 is 0. The van der Waals surface area contributed by atoms with Crippen molar-refractivity contribution >= 4 is 0 Å². The minimum atomic E-state index is 0.0335. The van der Waals surface area contributed by atoms with E-state index in [9.17, 15) is 0 Å². The largest absolute Gasteiger partial charge is 0.185 e. The molecule has 0 N–H and O–H groups in total. The van der Waals surface area contributed by atoms with Crippen molar-refractivity contribution in [3.8, 4) is 0 Å². The Labute approximate surface area is 79.5 Å². The summed E-state index contributed by atoms with van der Waals surface area (Å²) >= 11 is 0. The zero-order valence-corrected chi connectivity index (χ0v) is 8.32. The van der Waals surface area contributed by atoms with Gasteiger partial charge in [0.05, 0.1) is 0 Å². The van der Waals surface area contributed by atoms with E-state index in [4.69, 9.17) is 0 Å². The third-order valence-corrected chi connectivity index (χ3v) is 2.23. The molecule has 0 saturated carbocycles. The summed E-state index contributed by atoms with van der Waals surface area (Å²) in [5.74, 6) is 0. The molecule has 0 aromatic carbocycles. The van der Waals surface area contributed by atoms with Gasteiger partial charge in [0.1, 0.15) is 0 Å². The van der Waals surface area contributed by atoms with Crippen LogP contribution < -0.4 is 0 Å². The fourth-order valence-electron chi connectivity index (χ4n) is 1.41. The number of hydrogen-bond donors (Lipinski definition) is 0. The molecule has 1 heterocycles. The van der Waals surface area contributed by atoms with E-state index in [1.807, 2.05) is 0 Å². The Morgan fingerprint density at radius 3 is 2.15 bits per heavy atom. The molecule has 4 heteroatoms.